The second-order valence-corrected chi connectivity index (χ2v) is 28.5. The van der Waals surface area contributed by atoms with Crippen LogP contribution in [-0.4, -0.2) is 27.8 Å². The first-order chi connectivity index (χ1) is 30.6. The van der Waals surface area contributed by atoms with Crippen LogP contribution >= 0.6 is 0 Å². The van der Waals surface area contributed by atoms with Gasteiger partial charge in [-0.3, -0.25) is 4.98 Å². The third kappa shape index (κ3) is 7.72. The molecule has 319 valence electrons. The zero-order valence-electron chi connectivity index (χ0n) is 37.2. The average molecular weight is 1070 g/mol. The van der Waals surface area contributed by atoms with Crippen LogP contribution in [0, 0.1) is 12.1 Å². The van der Waals surface area contributed by atoms with Crippen molar-refractivity contribution >= 4 is 72.6 Å². The summed E-state index contributed by atoms with van der Waals surface area (Å²) in [5, 5.41) is 4.52. The quantitative estimate of drug-likeness (QED) is 0.118. The Morgan fingerprint density at radius 3 is 1.86 bits per heavy atom. The largest absolute Gasteiger partial charge is 0 e. The molecule has 0 aliphatic carbocycles. The minimum absolute atomic E-state index is 0. The maximum absolute atomic E-state index is 6.40. The molecule has 0 spiro atoms. The Hall–Kier alpha value is -6.05. The van der Waals surface area contributed by atoms with Crippen molar-refractivity contribution in [2.45, 2.75) is 56.8 Å². The van der Waals surface area contributed by atoms with Crippen LogP contribution in [0.4, 0.5) is 0 Å². The molecule has 0 bridgehead atoms. The molecule has 11 rings (SSSR count). The molecule has 0 amide bonds. The Balaban J connectivity index is 0.000000161. The van der Waals surface area contributed by atoms with Crippen molar-refractivity contribution < 1.29 is 28.9 Å². The summed E-state index contributed by atoms with van der Waals surface area (Å²) in [6.45, 7) is 9.03. The molecule has 0 fully saturated rings. The summed E-state index contributed by atoms with van der Waals surface area (Å²) in [6.07, 6.45) is 2.09. The number of aromatic nitrogens is 3. The monoisotopic (exact) mass is 1070 g/mol. The van der Waals surface area contributed by atoms with Gasteiger partial charge in [0.2, 0.25) is 0 Å². The van der Waals surface area contributed by atoms with Crippen molar-refractivity contribution in [2.75, 3.05) is 0 Å². The molecular weight excluding hydrogens is 1020 g/mol. The number of fused-ring (bicyclic) bond motifs is 7. The number of hydrogen-bond acceptors (Lipinski definition) is 4. The maximum atomic E-state index is 6.40. The fourth-order valence-electron chi connectivity index (χ4n) is 8.98. The zero-order chi connectivity index (χ0) is 43.4. The summed E-state index contributed by atoms with van der Waals surface area (Å²) in [4.78, 5) is 9.96. The van der Waals surface area contributed by atoms with Gasteiger partial charge in [-0.1, -0.05) is 87.2 Å². The Morgan fingerprint density at radius 2 is 1.19 bits per heavy atom. The summed E-state index contributed by atoms with van der Waals surface area (Å²) in [5.41, 5.74) is 14.7. The van der Waals surface area contributed by atoms with Gasteiger partial charge in [-0.05, 0) is 41.2 Å². The molecule has 7 heteroatoms. The van der Waals surface area contributed by atoms with Gasteiger partial charge in [0.1, 0.15) is 5.58 Å². The van der Waals surface area contributed by atoms with Gasteiger partial charge in [0, 0.05) is 31.2 Å². The first kappa shape index (κ1) is 43.2. The van der Waals surface area contributed by atoms with E-state index in [0.29, 0.717) is 11.8 Å². The third-order valence-electron chi connectivity index (χ3n) is 12.1. The smallest absolute Gasteiger partial charge is 0 e. The molecule has 4 heterocycles. The van der Waals surface area contributed by atoms with E-state index in [1.54, 1.807) is 0 Å². The van der Waals surface area contributed by atoms with Crippen molar-refractivity contribution in [3.8, 4) is 39.5 Å². The second-order valence-electron chi connectivity index (χ2n) is 18.0. The van der Waals surface area contributed by atoms with Gasteiger partial charge in [-0.15, -0.1) is 18.2 Å². The molecule has 7 aromatic carbocycles. The van der Waals surface area contributed by atoms with Crippen LogP contribution in [0.25, 0.3) is 94.4 Å². The van der Waals surface area contributed by atoms with E-state index < -0.39 is 13.3 Å². The SMILES string of the molecule is CC(C)c1cccc(C(C)C)c1-n1c(-c2[c-]ccc3c2oc2ccccc23)nc2ccccc21.[CH3][Ge]([CH3])([CH3])[c]1cnc(-c2[c-]cccc2)cc1-c1cccc2c1oc1ccccc12.[Ir]. The van der Waals surface area contributed by atoms with Crippen molar-refractivity contribution in [2.24, 2.45) is 0 Å². The van der Waals surface area contributed by atoms with E-state index in [0.717, 1.165) is 83.1 Å². The van der Waals surface area contributed by atoms with Crippen LogP contribution in [0.15, 0.2) is 167 Å². The van der Waals surface area contributed by atoms with Crippen LogP contribution in [0.3, 0.4) is 0 Å². The van der Waals surface area contributed by atoms with Gasteiger partial charge < -0.3 is 8.98 Å². The van der Waals surface area contributed by atoms with Crippen molar-refractivity contribution in [3.05, 3.63) is 181 Å². The summed E-state index contributed by atoms with van der Waals surface area (Å²) in [7, 11) is 0. The number of hydrogen-bond donors (Lipinski definition) is 0. The van der Waals surface area contributed by atoms with E-state index in [2.05, 4.69) is 165 Å². The van der Waals surface area contributed by atoms with E-state index in [1.807, 2.05) is 54.6 Å². The summed E-state index contributed by atoms with van der Waals surface area (Å²) < 4.78 is 16.5. The third-order valence-corrected chi connectivity index (χ3v) is 16.3. The van der Waals surface area contributed by atoms with Crippen LogP contribution in [-0.2, 0) is 20.1 Å². The molecule has 0 N–H and O–H groups in total. The second kappa shape index (κ2) is 17.5. The van der Waals surface area contributed by atoms with Gasteiger partial charge in [-0.25, -0.2) is 0 Å². The fraction of sp³-hybridized carbons (Fsp3) is 0.158. The molecular formula is C57H49GeIrN3O2-2. The van der Waals surface area contributed by atoms with Crippen molar-refractivity contribution in [1.29, 1.82) is 0 Å². The molecule has 64 heavy (non-hydrogen) atoms. The minimum Gasteiger partial charge on any atom is 0 e. The molecule has 0 aliphatic rings. The van der Waals surface area contributed by atoms with Crippen LogP contribution < -0.4 is 4.40 Å². The van der Waals surface area contributed by atoms with Gasteiger partial charge in [0.05, 0.1) is 22.4 Å². The maximum Gasteiger partial charge on any atom is 0 e. The molecule has 1 radical (unpaired) electrons. The predicted molar refractivity (Wildman–Crippen MR) is 265 cm³/mol. The minimum atomic E-state index is -2.18. The van der Waals surface area contributed by atoms with E-state index in [-0.39, 0.29) is 20.1 Å². The summed E-state index contributed by atoms with van der Waals surface area (Å²) >= 11 is -2.18. The number of pyridine rings is 1. The molecule has 0 unspecified atom stereocenters. The molecule has 4 aromatic heterocycles. The van der Waals surface area contributed by atoms with Crippen LogP contribution in [0.2, 0.25) is 17.3 Å². The average Bonchev–Trinajstić information content (AvgIpc) is 4.00. The molecule has 11 aromatic rings. The Kier molecular flexibility index (Phi) is 11.8. The number of imidazole rings is 1. The zero-order valence-corrected chi connectivity index (χ0v) is 41.7. The van der Waals surface area contributed by atoms with Gasteiger partial charge in [0.25, 0.3) is 0 Å². The number of rotatable bonds is 7. The summed E-state index contributed by atoms with van der Waals surface area (Å²) in [6, 6.07) is 59.1. The first-order valence-corrected chi connectivity index (χ1v) is 29.2. The van der Waals surface area contributed by atoms with Crippen molar-refractivity contribution in [3.63, 3.8) is 0 Å². The summed E-state index contributed by atoms with van der Waals surface area (Å²) in [5.74, 6) is 8.83. The van der Waals surface area contributed by atoms with Crippen LogP contribution in [0.1, 0.15) is 50.7 Å². The van der Waals surface area contributed by atoms with E-state index in [4.69, 9.17) is 18.8 Å². The standard InChI is InChI=1S/C31H27N2O.C26H22GeNO.Ir/c1-19(2)21-12-9-13-22(20(3)4)29(21)33-27-17-7-6-16-26(27)32-31(33)25-15-10-14-24-23-11-5-8-18-28(23)34-30(24)25;1-27(2,3)23-17-28-24(18-10-5-4-6-11-18)16-22(23)21-14-9-13-20-19-12-7-8-15-25(19)29-26(20)21;/h5-14,16-20H,1-4H3;4-10,12-17H,1-3H3;/q2*-1;. The number of furan rings is 2. The Morgan fingerprint density at radius 1 is 0.578 bits per heavy atom. The Bertz CT molecular complexity index is 3440. The Labute approximate surface area is 390 Å². The molecule has 0 saturated carbocycles. The molecule has 5 nitrogen and oxygen atoms in total. The number of benzene rings is 7. The topological polar surface area (TPSA) is 57.0 Å². The fourth-order valence-corrected chi connectivity index (χ4v) is 12.1. The van der Waals surface area contributed by atoms with E-state index in [1.165, 1.54) is 26.8 Å². The molecule has 0 atom stereocenters. The number of nitrogens with zero attached hydrogens (tertiary/aromatic N) is 3. The first-order valence-electron chi connectivity index (χ1n) is 21.9. The van der Waals surface area contributed by atoms with Crippen LogP contribution in [0.5, 0.6) is 0 Å². The predicted octanol–water partition coefficient (Wildman–Crippen LogP) is 15.3. The molecule has 0 saturated heterocycles. The number of para-hydroxylation sites is 6. The van der Waals surface area contributed by atoms with Gasteiger partial charge >= 0.3 is 174 Å². The van der Waals surface area contributed by atoms with Gasteiger partial charge in [0.15, 0.2) is 0 Å². The normalized spacial score (nSPS) is 11.8. The van der Waals surface area contributed by atoms with E-state index in [9.17, 15) is 0 Å². The van der Waals surface area contributed by atoms with E-state index >= 15 is 0 Å². The molecule has 0 aliphatic heterocycles. The van der Waals surface area contributed by atoms with Crippen molar-refractivity contribution in [1.82, 2.24) is 14.5 Å². The van der Waals surface area contributed by atoms with Gasteiger partial charge in [-0.2, -0.15) is 0 Å².